The second kappa shape index (κ2) is 5.43. The van der Waals surface area contributed by atoms with Crippen molar-refractivity contribution >= 4 is 17.6 Å². The van der Waals surface area contributed by atoms with Crippen molar-refractivity contribution in [3.8, 4) is 0 Å². The van der Waals surface area contributed by atoms with Crippen molar-refractivity contribution in [3.63, 3.8) is 0 Å². The van der Waals surface area contributed by atoms with Gasteiger partial charge in [0, 0.05) is 31.2 Å². The molecule has 0 atom stereocenters. The van der Waals surface area contributed by atoms with Gasteiger partial charge in [-0.25, -0.2) is 0 Å². The zero-order valence-electron chi connectivity index (χ0n) is 12.7. The molecule has 4 heteroatoms. The van der Waals surface area contributed by atoms with Crippen molar-refractivity contribution in [2.45, 2.75) is 60.3 Å². The second-order valence-electron chi connectivity index (χ2n) is 6.88. The average molecular weight is 267 g/mol. The maximum absolute atomic E-state index is 11.9. The van der Waals surface area contributed by atoms with Crippen LogP contribution in [0.1, 0.15) is 60.3 Å². The molecular formula is C15H25NO3. The summed E-state index contributed by atoms with van der Waals surface area (Å²) in [6, 6.07) is 0. The van der Waals surface area contributed by atoms with Gasteiger partial charge in [0.05, 0.1) is 0 Å². The van der Waals surface area contributed by atoms with Gasteiger partial charge in [-0.1, -0.05) is 34.6 Å². The first kappa shape index (κ1) is 15.9. The minimum atomic E-state index is -0.413. The highest BCUT2D eigenvalue weighted by molar-refractivity contribution is 6.01. The van der Waals surface area contributed by atoms with Crippen LogP contribution >= 0.6 is 0 Å². The number of Topliss-reactive ketones (excluding diaryl/α,β-unsaturated/α-hetero) is 1. The summed E-state index contributed by atoms with van der Waals surface area (Å²) in [6.45, 7) is 10.2. The topological polar surface area (TPSA) is 54.5 Å². The Morgan fingerprint density at radius 2 is 1.58 bits per heavy atom. The van der Waals surface area contributed by atoms with Crippen LogP contribution in [0.2, 0.25) is 0 Å². The molecule has 2 amide bonds. The Balaban J connectivity index is 2.73. The fourth-order valence-corrected chi connectivity index (χ4v) is 3.06. The van der Waals surface area contributed by atoms with Gasteiger partial charge in [0.2, 0.25) is 11.8 Å². The molecule has 1 saturated heterocycles. The zero-order valence-corrected chi connectivity index (χ0v) is 12.7. The fraction of sp³-hybridized carbons (Fsp3) is 0.800. The van der Waals surface area contributed by atoms with Gasteiger partial charge in [0.1, 0.15) is 5.78 Å². The van der Waals surface area contributed by atoms with Crippen LogP contribution in [0.4, 0.5) is 0 Å². The number of carbonyl (C=O) groups is 3. The van der Waals surface area contributed by atoms with Gasteiger partial charge in [-0.05, 0) is 11.8 Å². The Hall–Kier alpha value is -1.19. The van der Waals surface area contributed by atoms with E-state index < -0.39 is 5.41 Å². The van der Waals surface area contributed by atoms with Crippen molar-refractivity contribution < 1.29 is 14.4 Å². The standard InChI is InChI=1S/C15H25NO3/c1-6-11(17)15(4,5)9-14(2,3)10-16-12(18)7-8-13(16)19/h6-10H2,1-5H3. The molecule has 4 nitrogen and oxygen atoms in total. The number of hydrogen-bond donors (Lipinski definition) is 0. The van der Waals surface area contributed by atoms with Crippen LogP contribution in [0, 0.1) is 10.8 Å². The number of hydrogen-bond acceptors (Lipinski definition) is 3. The Bertz CT molecular complexity index is 380. The number of imide groups is 1. The summed E-state index contributed by atoms with van der Waals surface area (Å²) < 4.78 is 0. The number of likely N-dealkylation sites (tertiary alicyclic amines) is 1. The van der Waals surface area contributed by atoms with Crippen molar-refractivity contribution in [2.24, 2.45) is 10.8 Å². The quantitative estimate of drug-likeness (QED) is 0.695. The highest BCUT2D eigenvalue weighted by Gasteiger charge is 2.38. The molecule has 1 aliphatic rings. The smallest absolute Gasteiger partial charge is 0.229 e. The van der Waals surface area contributed by atoms with E-state index >= 15 is 0 Å². The summed E-state index contributed by atoms with van der Waals surface area (Å²) in [4.78, 5) is 36.6. The van der Waals surface area contributed by atoms with Crippen molar-refractivity contribution in [3.05, 3.63) is 0 Å². The van der Waals surface area contributed by atoms with Crippen LogP contribution in [-0.4, -0.2) is 29.0 Å². The molecule has 0 spiro atoms. The minimum Gasteiger partial charge on any atom is -0.299 e. The van der Waals surface area contributed by atoms with Gasteiger partial charge >= 0.3 is 0 Å². The molecular weight excluding hydrogens is 242 g/mol. The first-order valence-corrected chi connectivity index (χ1v) is 6.95. The lowest BCUT2D eigenvalue weighted by atomic mass is 9.72. The van der Waals surface area contributed by atoms with E-state index in [1.165, 1.54) is 4.90 Å². The molecule has 0 unspecified atom stereocenters. The number of ketones is 1. The molecule has 108 valence electrons. The predicted octanol–water partition coefficient (Wildman–Crippen LogP) is 2.56. The third kappa shape index (κ3) is 3.88. The van der Waals surface area contributed by atoms with E-state index in [0.29, 0.717) is 32.2 Å². The summed E-state index contributed by atoms with van der Waals surface area (Å²) in [5.41, 5.74) is -0.659. The van der Waals surface area contributed by atoms with Gasteiger partial charge in [0.25, 0.3) is 0 Å². The molecule has 0 N–H and O–H groups in total. The van der Waals surface area contributed by atoms with E-state index in [4.69, 9.17) is 0 Å². The first-order chi connectivity index (χ1) is 8.59. The molecule has 0 aromatic rings. The molecule has 19 heavy (non-hydrogen) atoms. The van der Waals surface area contributed by atoms with Crippen LogP contribution in [0.3, 0.4) is 0 Å². The first-order valence-electron chi connectivity index (χ1n) is 6.95. The molecule has 0 bridgehead atoms. The van der Waals surface area contributed by atoms with Crippen molar-refractivity contribution in [1.29, 1.82) is 0 Å². The molecule has 1 rings (SSSR count). The van der Waals surface area contributed by atoms with E-state index in [9.17, 15) is 14.4 Å². The van der Waals surface area contributed by atoms with E-state index in [0.717, 1.165) is 0 Å². The van der Waals surface area contributed by atoms with Crippen LogP contribution < -0.4 is 0 Å². The summed E-state index contributed by atoms with van der Waals surface area (Å²) in [5.74, 6) is 0.0510. The minimum absolute atomic E-state index is 0.0855. The summed E-state index contributed by atoms with van der Waals surface area (Å²) in [6.07, 6.45) is 1.84. The predicted molar refractivity (Wildman–Crippen MR) is 73.4 cm³/mol. The third-order valence-corrected chi connectivity index (χ3v) is 3.74. The van der Waals surface area contributed by atoms with E-state index in [1.54, 1.807) is 0 Å². The maximum atomic E-state index is 11.9. The number of nitrogens with zero attached hydrogens (tertiary/aromatic N) is 1. The normalized spacial score (nSPS) is 17.2. The Kier molecular flexibility index (Phi) is 4.54. The number of amides is 2. The average Bonchev–Trinajstić information content (AvgIpc) is 2.57. The lowest BCUT2D eigenvalue weighted by Gasteiger charge is -2.36. The van der Waals surface area contributed by atoms with Gasteiger partial charge in [-0.2, -0.15) is 0 Å². The molecule has 0 radical (unpaired) electrons. The van der Waals surface area contributed by atoms with Crippen LogP contribution in [0.25, 0.3) is 0 Å². The molecule has 1 fully saturated rings. The lowest BCUT2D eigenvalue weighted by molar-refractivity contribution is -0.140. The zero-order chi connectivity index (χ0) is 14.8. The third-order valence-electron chi connectivity index (χ3n) is 3.74. The molecule has 1 aliphatic heterocycles. The van der Waals surface area contributed by atoms with Gasteiger partial charge in [0.15, 0.2) is 0 Å². The summed E-state index contributed by atoms with van der Waals surface area (Å²) in [7, 11) is 0. The fourth-order valence-electron chi connectivity index (χ4n) is 3.06. The highest BCUT2D eigenvalue weighted by Crippen LogP contribution is 2.36. The SMILES string of the molecule is CCC(=O)C(C)(C)CC(C)(C)CN1C(=O)CCC1=O. The molecule has 1 heterocycles. The van der Waals surface area contributed by atoms with Gasteiger partial charge in [-0.3, -0.25) is 19.3 Å². The Labute approximate surface area is 115 Å². The van der Waals surface area contributed by atoms with Crippen LogP contribution in [0.5, 0.6) is 0 Å². The van der Waals surface area contributed by atoms with Gasteiger partial charge < -0.3 is 0 Å². The van der Waals surface area contributed by atoms with E-state index in [2.05, 4.69) is 0 Å². The Morgan fingerprint density at radius 1 is 1.11 bits per heavy atom. The van der Waals surface area contributed by atoms with Crippen LogP contribution in [0.15, 0.2) is 0 Å². The number of carbonyl (C=O) groups excluding carboxylic acids is 3. The molecule has 0 aromatic heterocycles. The van der Waals surface area contributed by atoms with Crippen molar-refractivity contribution in [2.75, 3.05) is 6.54 Å². The summed E-state index contributed by atoms with van der Waals surface area (Å²) in [5, 5.41) is 0. The Morgan fingerprint density at radius 3 is 2.00 bits per heavy atom. The number of rotatable bonds is 6. The summed E-state index contributed by atoms with van der Waals surface area (Å²) >= 11 is 0. The van der Waals surface area contributed by atoms with E-state index in [-0.39, 0.29) is 23.0 Å². The van der Waals surface area contributed by atoms with Crippen molar-refractivity contribution in [1.82, 2.24) is 4.90 Å². The molecule has 0 aromatic carbocycles. The lowest BCUT2D eigenvalue weighted by Crippen LogP contribution is -2.41. The largest absolute Gasteiger partial charge is 0.299 e. The molecule has 0 saturated carbocycles. The van der Waals surface area contributed by atoms with Crippen LogP contribution in [-0.2, 0) is 14.4 Å². The monoisotopic (exact) mass is 267 g/mol. The molecule has 0 aliphatic carbocycles. The van der Waals surface area contributed by atoms with Gasteiger partial charge in [-0.15, -0.1) is 0 Å². The maximum Gasteiger partial charge on any atom is 0.229 e. The highest BCUT2D eigenvalue weighted by atomic mass is 16.2. The van der Waals surface area contributed by atoms with E-state index in [1.807, 2.05) is 34.6 Å². The second-order valence-corrected chi connectivity index (χ2v) is 6.88.